The number of hydrogen-bond acceptors (Lipinski definition) is 6. The molecule has 0 aliphatic carbocycles. The lowest BCUT2D eigenvalue weighted by molar-refractivity contribution is -0.140. The summed E-state index contributed by atoms with van der Waals surface area (Å²) in [5.41, 5.74) is 1.36. The molecule has 2 aromatic carbocycles. The Labute approximate surface area is 241 Å². The monoisotopic (exact) mass is 608 g/mol. The van der Waals surface area contributed by atoms with E-state index in [1.807, 2.05) is 0 Å². The van der Waals surface area contributed by atoms with Gasteiger partial charge in [-0.25, -0.2) is 12.8 Å². The topological polar surface area (TPSA) is 92.7 Å². The van der Waals surface area contributed by atoms with E-state index in [0.717, 1.165) is 10.8 Å². The number of methoxy groups -OCH3 is 1. The molecule has 0 saturated carbocycles. The second kappa shape index (κ2) is 12.5. The molecule has 13 heteroatoms. The molecule has 1 fully saturated rings. The van der Waals surface area contributed by atoms with Crippen LogP contribution in [0.4, 0.5) is 28.9 Å². The third-order valence-corrected chi connectivity index (χ3v) is 8.12. The van der Waals surface area contributed by atoms with Crippen LogP contribution in [0.3, 0.4) is 0 Å². The minimum absolute atomic E-state index is 0.0335. The van der Waals surface area contributed by atoms with Crippen LogP contribution in [0, 0.1) is 11.8 Å². The molecule has 1 aromatic heterocycles. The lowest BCUT2D eigenvalue weighted by Crippen LogP contribution is -2.49. The molecule has 0 spiro atoms. The van der Waals surface area contributed by atoms with Crippen LogP contribution >= 0.6 is 0 Å². The van der Waals surface area contributed by atoms with Gasteiger partial charge in [0.05, 0.1) is 48.0 Å². The molecule has 3 aromatic rings. The van der Waals surface area contributed by atoms with Crippen LogP contribution in [0.2, 0.25) is 0 Å². The zero-order valence-corrected chi connectivity index (χ0v) is 24.2. The molecule has 42 heavy (non-hydrogen) atoms. The highest BCUT2D eigenvalue weighted by atomic mass is 32.2. The van der Waals surface area contributed by atoms with Gasteiger partial charge in [0, 0.05) is 36.4 Å². The number of carbonyl (C=O) groups excluding carboxylic acids is 1. The summed E-state index contributed by atoms with van der Waals surface area (Å²) < 4.78 is 85.6. The largest absolute Gasteiger partial charge is 0.495 e. The number of nitrogens with zero attached hydrogens (tertiary/aromatic N) is 2. The van der Waals surface area contributed by atoms with Gasteiger partial charge in [0.2, 0.25) is 5.91 Å². The van der Waals surface area contributed by atoms with Gasteiger partial charge in [-0.3, -0.25) is 4.79 Å². The minimum Gasteiger partial charge on any atom is -0.495 e. The lowest BCUT2D eigenvalue weighted by atomic mass is 10.0. The second-order valence-corrected chi connectivity index (χ2v) is 12.0. The number of ether oxygens (including phenoxy) is 1. The molecule has 2 heterocycles. The standard InChI is InChI=1S/C29H32F4N4O4S/c1-4-28(38)36-14-12-24(22(30)17-36)35-23-8-5-9-26-21(23)15-19(37(26)18-29(31,32)33)7-6-13-34-25-11-10-20(42(3,39)40)16-27(25)41-2/h5,8-11,15-16,22,24,34-35H,4,12-14,17-18H2,1-3H3/t22-,24+/m1/s1. The number of rotatable bonds is 8. The Morgan fingerprint density at radius 2 is 1.93 bits per heavy atom. The van der Waals surface area contributed by atoms with Gasteiger partial charge in [-0.2, -0.15) is 13.2 Å². The van der Waals surface area contributed by atoms with Gasteiger partial charge in [0.15, 0.2) is 9.84 Å². The number of likely N-dealkylation sites (tertiary alicyclic amines) is 1. The first kappa shape index (κ1) is 31.0. The minimum atomic E-state index is -4.51. The Hall–Kier alpha value is -3.92. The van der Waals surface area contributed by atoms with E-state index in [0.29, 0.717) is 41.7 Å². The zero-order valence-electron chi connectivity index (χ0n) is 23.4. The number of piperidine rings is 1. The number of aromatic nitrogens is 1. The van der Waals surface area contributed by atoms with Gasteiger partial charge in [-0.1, -0.05) is 18.9 Å². The molecule has 0 radical (unpaired) electrons. The fraction of sp³-hybridized carbons (Fsp3) is 0.414. The summed E-state index contributed by atoms with van der Waals surface area (Å²) in [6.45, 7) is 0.840. The van der Waals surface area contributed by atoms with E-state index < -0.39 is 34.8 Å². The maximum absolute atomic E-state index is 15.0. The van der Waals surface area contributed by atoms with Gasteiger partial charge < -0.3 is 24.8 Å². The van der Waals surface area contributed by atoms with Crippen molar-refractivity contribution < 1.29 is 35.5 Å². The Morgan fingerprint density at radius 1 is 1.17 bits per heavy atom. The van der Waals surface area contributed by atoms with Crippen molar-refractivity contribution in [2.45, 2.75) is 49.6 Å². The number of anilines is 2. The molecule has 8 nitrogen and oxygen atoms in total. The van der Waals surface area contributed by atoms with E-state index in [2.05, 4.69) is 22.5 Å². The van der Waals surface area contributed by atoms with Crippen LogP contribution in [-0.2, 0) is 21.2 Å². The van der Waals surface area contributed by atoms with Crippen molar-refractivity contribution in [1.82, 2.24) is 9.47 Å². The molecule has 0 bridgehead atoms. The first-order chi connectivity index (χ1) is 19.8. The van der Waals surface area contributed by atoms with E-state index in [4.69, 9.17) is 4.74 Å². The average molecular weight is 609 g/mol. The summed E-state index contributed by atoms with van der Waals surface area (Å²) in [6.07, 6.45) is -4.12. The van der Waals surface area contributed by atoms with E-state index in [-0.39, 0.29) is 35.3 Å². The molecule has 1 saturated heterocycles. The number of hydrogen-bond donors (Lipinski definition) is 2. The first-order valence-corrected chi connectivity index (χ1v) is 15.2. The summed E-state index contributed by atoms with van der Waals surface area (Å²) in [6, 6.07) is 10.1. The Kier molecular flexibility index (Phi) is 9.25. The van der Waals surface area contributed by atoms with Gasteiger partial charge in [0.1, 0.15) is 18.5 Å². The SMILES string of the molecule is CCC(=O)N1CC[C@H](Nc2cccc3c2cc(C#CCNc2ccc(S(C)(=O)=O)cc2OC)n3CC(F)(F)F)[C@H](F)C1. The molecule has 2 N–H and O–H groups in total. The summed E-state index contributed by atoms with van der Waals surface area (Å²) in [7, 11) is -2.05. The average Bonchev–Trinajstić information content (AvgIpc) is 3.27. The lowest BCUT2D eigenvalue weighted by Gasteiger charge is -2.35. The number of carbonyl (C=O) groups is 1. The fourth-order valence-corrected chi connectivity index (χ4v) is 5.54. The van der Waals surface area contributed by atoms with Crippen molar-refractivity contribution >= 4 is 38.0 Å². The van der Waals surface area contributed by atoms with Crippen molar-refractivity contribution in [3.8, 4) is 17.6 Å². The predicted octanol–water partition coefficient (Wildman–Crippen LogP) is 4.84. The summed E-state index contributed by atoms with van der Waals surface area (Å²) in [4.78, 5) is 13.5. The number of amides is 1. The zero-order chi connectivity index (χ0) is 30.7. The predicted molar refractivity (Wildman–Crippen MR) is 153 cm³/mol. The fourth-order valence-electron chi connectivity index (χ4n) is 4.90. The molecule has 226 valence electrons. The summed E-state index contributed by atoms with van der Waals surface area (Å²) in [5.74, 6) is 5.78. The van der Waals surface area contributed by atoms with Crippen LogP contribution in [0.25, 0.3) is 10.9 Å². The molecular weight excluding hydrogens is 576 g/mol. The number of sulfone groups is 1. The number of alkyl halides is 4. The molecule has 1 amide bonds. The van der Waals surface area contributed by atoms with Crippen molar-refractivity contribution in [2.24, 2.45) is 0 Å². The van der Waals surface area contributed by atoms with Crippen molar-refractivity contribution in [1.29, 1.82) is 0 Å². The van der Waals surface area contributed by atoms with Gasteiger partial charge in [0.25, 0.3) is 0 Å². The van der Waals surface area contributed by atoms with Gasteiger partial charge in [-0.05, 0) is 42.7 Å². The molecular formula is C29H32F4N4O4S. The Balaban J connectivity index is 1.58. The Morgan fingerprint density at radius 3 is 2.57 bits per heavy atom. The molecule has 4 rings (SSSR count). The van der Waals surface area contributed by atoms with Crippen LogP contribution in [0.15, 0.2) is 47.4 Å². The molecule has 0 unspecified atom stereocenters. The first-order valence-electron chi connectivity index (χ1n) is 13.3. The van der Waals surface area contributed by atoms with Crippen LogP contribution in [0.5, 0.6) is 5.75 Å². The van der Waals surface area contributed by atoms with Crippen LogP contribution < -0.4 is 15.4 Å². The third-order valence-electron chi connectivity index (χ3n) is 7.01. The van der Waals surface area contributed by atoms with Gasteiger partial charge in [-0.15, -0.1) is 0 Å². The second-order valence-electron chi connectivity index (χ2n) is 10.0. The maximum Gasteiger partial charge on any atom is 0.406 e. The van der Waals surface area contributed by atoms with E-state index in [1.54, 1.807) is 31.2 Å². The van der Waals surface area contributed by atoms with E-state index >= 15 is 0 Å². The van der Waals surface area contributed by atoms with E-state index in [9.17, 15) is 30.8 Å². The summed E-state index contributed by atoms with van der Waals surface area (Å²) >= 11 is 0. The number of halogens is 4. The number of fused-ring (bicyclic) bond motifs is 1. The van der Waals surface area contributed by atoms with Crippen molar-refractivity contribution in [2.75, 3.05) is 43.6 Å². The normalized spacial score (nSPS) is 17.5. The van der Waals surface area contributed by atoms with Gasteiger partial charge >= 0.3 is 6.18 Å². The quantitative estimate of drug-likeness (QED) is 0.281. The molecule has 1 aliphatic rings. The van der Waals surface area contributed by atoms with Crippen LogP contribution in [0.1, 0.15) is 25.5 Å². The van der Waals surface area contributed by atoms with E-state index in [1.165, 1.54) is 30.2 Å². The third kappa shape index (κ3) is 7.28. The molecule has 2 atom stereocenters. The van der Waals surface area contributed by atoms with Crippen molar-refractivity contribution in [3.63, 3.8) is 0 Å². The number of nitrogens with one attached hydrogen (secondary N) is 2. The molecule has 1 aliphatic heterocycles. The maximum atomic E-state index is 15.0. The Bertz CT molecular complexity index is 1630. The number of benzene rings is 2. The van der Waals surface area contributed by atoms with Crippen molar-refractivity contribution in [3.05, 3.63) is 48.2 Å². The highest BCUT2D eigenvalue weighted by Gasteiger charge is 2.32. The summed E-state index contributed by atoms with van der Waals surface area (Å²) in [5, 5.41) is 6.61. The van der Waals surface area contributed by atoms with Crippen LogP contribution in [-0.4, -0.2) is 75.2 Å². The highest BCUT2D eigenvalue weighted by molar-refractivity contribution is 7.90. The highest BCUT2D eigenvalue weighted by Crippen LogP contribution is 2.32. The smallest absolute Gasteiger partial charge is 0.406 e.